The van der Waals surface area contributed by atoms with Crippen molar-refractivity contribution in [3.8, 4) is 11.1 Å². The van der Waals surface area contributed by atoms with E-state index in [0.29, 0.717) is 17.7 Å². The third-order valence-electron chi connectivity index (χ3n) is 5.53. The van der Waals surface area contributed by atoms with E-state index in [-0.39, 0.29) is 23.3 Å². The number of halogens is 3. The van der Waals surface area contributed by atoms with Crippen LogP contribution >= 0.6 is 0 Å². The molecule has 0 aliphatic heterocycles. The fraction of sp³-hybridized carbons (Fsp3) is 0.440. The van der Waals surface area contributed by atoms with Crippen molar-refractivity contribution in [1.82, 2.24) is 9.29 Å². The number of nitrogens with zero attached hydrogens (tertiary/aromatic N) is 1. The van der Waals surface area contributed by atoms with Crippen molar-refractivity contribution in [3.05, 3.63) is 59.3 Å². The molecule has 3 aromatic rings. The van der Waals surface area contributed by atoms with Crippen LogP contribution in [0.2, 0.25) is 0 Å². The van der Waals surface area contributed by atoms with E-state index >= 15 is 0 Å². The van der Waals surface area contributed by atoms with Crippen molar-refractivity contribution in [2.75, 3.05) is 12.3 Å². The van der Waals surface area contributed by atoms with Gasteiger partial charge in [0.2, 0.25) is 10.0 Å². The smallest absolute Gasteiger partial charge is 0.346 e. The maximum absolute atomic E-state index is 13.7. The molecule has 1 aromatic heterocycles. The zero-order valence-electron chi connectivity index (χ0n) is 19.7. The maximum atomic E-state index is 13.7. The summed E-state index contributed by atoms with van der Waals surface area (Å²) in [7, 11) is -3.30. The van der Waals surface area contributed by atoms with Gasteiger partial charge in [0.1, 0.15) is 0 Å². The summed E-state index contributed by atoms with van der Waals surface area (Å²) in [6.07, 6.45) is -1.73. The minimum absolute atomic E-state index is 0.0101. The van der Waals surface area contributed by atoms with Crippen molar-refractivity contribution in [3.63, 3.8) is 0 Å². The summed E-state index contributed by atoms with van der Waals surface area (Å²) in [4.78, 5) is 0. The lowest BCUT2D eigenvalue weighted by atomic mass is 9.87. The summed E-state index contributed by atoms with van der Waals surface area (Å²) >= 11 is 0. The van der Waals surface area contributed by atoms with E-state index in [1.54, 1.807) is 26.0 Å². The summed E-state index contributed by atoms with van der Waals surface area (Å²) in [6.45, 7) is 10.2. The van der Waals surface area contributed by atoms with E-state index in [1.807, 2.05) is 22.9 Å². The SMILES string of the molecule is CCS(=O)(=O)NCCn1cc(CC(C)(C)C)c2cc(-c3ccc(C)cc3C(F)(F)F)ccc21. The molecule has 1 heterocycles. The van der Waals surface area contributed by atoms with Gasteiger partial charge in [0.15, 0.2) is 0 Å². The lowest BCUT2D eigenvalue weighted by Gasteiger charge is -2.17. The topological polar surface area (TPSA) is 51.1 Å². The van der Waals surface area contributed by atoms with E-state index in [4.69, 9.17) is 0 Å². The van der Waals surface area contributed by atoms with Gasteiger partial charge >= 0.3 is 6.18 Å². The van der Waals surface area contributed by atoms with Crippen LogP contribution in [-0.4, -0.2) is 25.3 Å². The van der Waals surface area contributed by atoms with E-state index in [9.17, 15) is 21.6 Å². The minimum atomic E-state index is -4.45. The highest BCUT2D eigenvalue weighted by molar-refractivity contribution is 7.89. The van der Waals surface area contributed by atoms with Gasteiger partial charge in [-0.15, -0.1) is 0 Å². The van der Waals surface area contributed by atoms with Crippen LogP contribution in [0.1, 0.15) is 44.4 Å². The molecule has 0 aliphatic carbocycles. The Hall–Kier alpha value is -2.32. The molecule has 1 N–H and O–H groups in total. The molecule has 0 amide bonds. The Morgan fingerprint density at radius 3 is 2.33 bits per heavy atom. The normalized spacial score (nSPS) is 13.1. The maximum Gasteiger partial charge on any atom is 0.417 e. The molecule has 4 nitrogen and oxygen atoms in total. The molecule has 8 heteroatoms. The molecule has 180 valence electrons. The summed E-state index contributed by atoms with van der Waals surface area (Å²) in [6, 6.07) is 9.75. The van der Waals surface area contributed by atoms with Crippen LogP contribution in [0.4, 0.5) is 13.2 Å². The van der Waals surface area contributed by atoms with Crippen molar-refractivity contribution in [1.29, 1.82) is 0 Å². The number of nitrogens with one attached hydrogen (secondary N) is 1. The Morgan fingerprint density at radius 1 is 1.03 bits per heavy atom. The number of hydrogen-bond donors (Lipinski definition) is 1. The Balaban J connectivity index is 2.09. The minimum Gasteiger partial charge on any atom is -0.346 e. The second-order valence-electron chi connectivity index (χ2n) is 9.66. The third-order valence-corrected chi connectivity index (χ3v) is 6.93. The van der Waals surface area contributed by atoms with Crippen LogP contribution in [0, 0.1) is 12.3 Å². The van der Waals surface area contributed by atoms with Gasteiger partial charge in [-0.25, -0.2) is 13.1 Å². The van der Waals surface area contributed by atoms with Crippen molar-refractivity contribution in [2.45, 2.75) is 53.8 Å². The number of hydrogen-bond acceptors (Lipinski definition) is 2. The number of aromatic nitrogens is 1. The lowest BCUT2D eigenvalue weighted by molar-refractivity contribution is -0.137. The average molecular weight is 481 g/mol. The highest BCUT2D eigenvalue weighted by atomic mass is 32.2. The molecule has 0 fully saturated rings. The second-order valence-corrected chi connectivity index (χ2v) is 11.8. The van der Waals surface area contributed by atoms with Crippen LogP contribution in [0.15, 0.2) is 42.6 Å². The molecule has 0 atom stereocenters. The number of alkyl halides is 3. The molecule has 0 radical (unpaired) electrons. The first-order chi connectivity index (χ1) is 15.2. The molecule has 0 unspecified atom stereocenters. The van der Waals surface area contributed by atoms with E-state index in [2.05, 4.69) is 25.5 Å². The largest absolute Gasteiger partial charge is 0.417 e. The number of sulfonamides is 1. The number of benzene rings is 2. The highest BCUT2D eigenvalue weighted by Crippen LogP contribution is 2.39. The molecule has 0 saturated carbocycles. The fourth-order valence-electron chi connectivity index (χ4n) is 4.00. The molecule has 0 aliphatic rings. The summed E-state index contributed by atoms with van der Waals surface area (Å²) in [5.41, 5.74) is 2.44. The molecule has 3 rings (SSSR count). The molecule has 0 spiro atoms. The molecule has 0 saturated heterocycles. The van der Waals surface area contributed by atoms with E-state index in [1.165, 1.54) is 12.1 Å². The van der Waals surface area contributed by atoms with Gasteiger partial charge in [-0.3, -0.25) is 0 Å². The van der Waals surface area contributed by atoms with Gasteiger partial charge < -0.3 is 4.57 Å². The molecular formula is C25H31F3N2O2S. The van der Waals surface area contributed by atoms with Crippen molar-refractivity contribution >= 4 is 20.9 Å². The van der Waals surface area contributed by atoms with E-state index in [0.717, 1.165) is 22.9 Å². The van der Waals surface area contributed by atoms with Crippen LogP contribution in [0.3, 0.4) is 0 Å². The zero-order valence-corrected chi connectivity index (χ0v) is 20.5. The number of aryl methyl sites for hydroxylation is 1. The van der Waals surface area contributed by atoms with Crippen LogP contribution in [-0.2, 0) is 29.2 Å². The first-order valence-corrected chi connectivity index (χ1v) is 12.6. The van der Waals surface area contributed by atoms with Gasteiger partial charge in [-0.1, -0.05) is 44.5 Å². The van der Waals surface area contributed by atoms with Gasteiger partial charge in [0.05, 0.1) is 11.3 Å². The van der Waals surface area contributed by atoms with Crippen molar-refractivity contribution < 1.29 is 21.6 Å². The molecule has 0 bridgehead atoms. The Bertz CT molecular complexity index is 1250. The fourth-order valence-corrected chi connectivity index (χ4v) is 4.61. The van der Waals surface area contributed by atoms with Crippen LogP contribution in [0.25, 0.3) is 22.0 Å². The average Bonchev–Trinajstić information content (AvgIpc) is 3.02. The van der Waals surface area contributed by atoms with Gasteiger partial charge in [0, 0.05) is 30.2 Å². The molecule has 33 heavy (non-hydrogen) atoms. The quantitative estimate of drug-likeness (QED) is 0.440. The monoisotopic (exact) mass is 480 g/mol. The summed E-state index contributed by atoms with van der Waals surface area (Å²) in [5, 5.41) is 0.884. The Kier molecular flexibility index (Phi) is 7.01. The van der Waals surface area contributed by atoms with Gasteiger partial charge in [0.25, 0.3) is 0 Å². The number of fused-ring (bicyclic) bond motifs is 1. The number of rotatable bonds is 7. The van der Waals surface area contributed by atoms with Gasteiger partial charge in [-0.2, -0.15) is 13.2 Å². The zero-order chi connectivity index (χ0) is 24.6. The predicted octanol–water partition coefficient (Wildman–Crippen LogP) is 6.16. The van der Waals surface area contributed by atoms with Crippen LogP contribution < -0.4 is 4.72 Å². The highest BCUT2D eigenvalue weighted by Gasteiger charge is 2.34. The summed E-state index contributed by atoms with van der Waals surface area (Å²) < 4.78 is 69.3. The van der Waals surface area contributed by atoms with Crippen molar-refractivity contribution in [2.24, 2.45) is 5.41 Å². The standard InChI is InChI=1S/C25H31F3N2O2S/c1-6-33(31,32)29-11-12-30-16-19(15-24(3,4)5)21-14-18(8-10-23(21)30)20-9-7-17(2)13-22(20)25(26,27)28/h7-10,13-14,16,29H,6,11-12,15H2,1-5H3. The van der Waals surface area contributed by atoms with E-state index < -0.39 is 21.8 Å². The molecular weight excluding hydrogens is 449 g/mol. The predicted molar refractivity (Wildman–Crippen MR) is 128 cm³/mol. The van der Waals surface area contributed by atoms with Crippen LogP contribution in [0.5, 0.6) is 0 Å². The first-order valence-electron chi connectivity index (χ1n) is 11.0. The Morgan fingerprint density at radius 2 is 1.73 bits per heavy atom. The first kappa shape index (κ1) is 25.3. The molecule has 2 aromatic carbocycles. The Labute approximate surface area is 193 Å². The third kappa shape index (κ3) is 6.18. The second kappa shape index (κ2) is 9.14. The van der Waals surface area contributed by atoms with Gasteiger partial charge in [-0.05, 0) is 60.6 Å². The summed E-state index contributed by atoms with van der Waals surface area (Å²) in [5.74, 6) is 0.0101. The lowest BCUT2D eigenvalue weighted by Crippen LogP contribution is -2.28.